The lowest BCUT2D eigenvalue weighted by molar-refractivity contribution is 0.0636. The van der Waals surface area contributed by atoms with Gasteiger partial charge in [0.15, 0.2) is 0 Å². The maximum atomic E-state index is 13.7. The van der Waals surface area contributed by atoms with Gasteiger partial charge in [-0.1, -0.05) is 29.8 Å². The van der Waals surface area contributed by atoms with Crippen LogP contribution < -0.4 is 5.32 Å². The van der Waals surface area contributed by atoms with Gasteiger partial charge in [0.25, 0.3) is 5.91 Å². The van der Waals surface area contributed by atoms with Crippen molar-refractivity contribution in [2.75, 3.05) is 5.32 Å². The van der Waals surface area contributed by atoms with E-state index >= 15 is 0 Å². The lowest BCUT2D eigenvalue weighted by Gasteiger charge is -2.34. The Hall–Kier alpha value is -2.19. The minimum atomic E-state index is -0.341. The summed E-state index contributed by atoms with van der Waals surface area (Å²) in [5.41, 5.74) is 5.20. The second-order valence-corrected chi connectivity index (χ2v) is 9.66. The average Bonchev–Trinajstić information content (AvgIpc) is 2.72. The molecule has 160 valence electrons. The second kappa shape index (κ2) is 8.74. The van der Waals surface area contributed by atoms with Gasteiger partial charge in [-0.3, -0.25) is 9.78 Å². The van der Waals surface area contributed by atoms with Gasteiger partial charge in [-0.2, -0.15) is 0 Å². The molecule has 3 aromatic rings. The van der Waals surface area contributed by atoms with E-state index in [2.05, 4.69) is 43.9 Å². The molecule has 0 spiro atoms. The summed E-state index contributed by atoms with van der Waals surface area (Å²) in [6.07, 6.45) is 3.42. The number of aromatic nitrogens is 2. The minimum Gasteiger partial charge on any atom is -0.373 e. The van der Waals surface area contributed by atoms with Crippen LogP contribution in [-0.2, 0) is 0 Å². The van der Waals surface area contributed by atoms with Gasteiger partial charge in [0.2, 0.25) is 0 Å². The number of hydrogen-bond donors (Lipinski definition) is 1. The van der Waals surface area contributed by atoms with Crippen LogP contribution in [0.5, 0.6) is 0 Å². The van der Waals surface area contributed by atoms with Crippen molar-refractivity contribution in [3.05, 3.63) is 74.3 Å². The quantitative estimate of drug-likeness (QED) is 0.314. The number of carbonyl (C=O) groups excluding carboxylic acids is 1. The lowest BCUT2D eigenvalue weighted by atomic mass is 9.87. The largest absolute Gasteiger partial charge is 0.373 e. The van der Waals surface area contributed by atoms with Crippen molar-refractivity contribution < 1.29 is 4.79 Å². The molecule has 0 fully saturated rings. The highest BCUT2D eigenvalue weighted by atomic mass is 127. The molecule has 7 heteroatoms. The smallest absolute Gasteiger partial charge is 0.273 e. The van der Waals surface area contributed by atoms with Crippen molar-refractivity contribution in [2.24, 2.45) is 0 Å². The number of anilines is 1. The van der Waals surface area contributed by atoms with Crippen LogP contribution in [0.15, 0.2) is 48.8 Å². The van der Waals surface area contributed by atoms with Gasteiger partial charge in [0.05, 0.1) is 6.04 Å². The maximum Gasteiger partial charge on any atom is 0.273 e. The van der Waals surface area contributed by atoms with Crippen LogP contribution >= 0.6 is 34.2 Å². The van der Waals surface area contributed by atoms with Crippen LogP contribution in [0, 0.1) is 3.57 Å². The summed E-state index contributed by atoms with van der Waals surface area (Å²) in [5, 5.41) is 4.03. The number of benzene rings is 1. The highest BCUT2D eigenvalue weighted by molar-refractivity contribution is 14.1. The molecule has 1 aromatic carbocycles. The third-order valence-corrected chi connectivity index (χ3v) is 6.76. The summed E-state index contributed by atoms with van der Waals surface area (Å²) in [7, 11) is 0. The summed E-state index contributed by atoms with van der Waals surface area (Å²) >= 11 is 8.91. The van der Waals surface area contributed by atoms with E-state index in [1.807, 2.05) is 62.9 Å². The van der Waals surface area contributed by atoms with Gasteiger partial charge >= 0.3 is 0 Å². The molecule has 0 radical (unpaired) electrons. The van der Waals surface area contributed by atoms with Crippen LogP contribution in [0.1, 0.15) is 55.4 Å². The van der Waals surface area contributed by atoms with Crippen LogP contribution in [0.4, 0.5) is 5.69 Å². The molecule has 5 nitrogen and oxygen atoms in total. The number of hydrogen-bond acceptors (Lipinski definition) is 4. The molecule has 4 rings (SSSR count). The molecule has 31 heavy (non-hydrogen) atoms. The molecular weight excluding hydrogens is 523 g/mol. The molecule has 1 N–H and O–H groups in total. The second-order valence-electron chi connectivity index (χ2n) is 8.14. The molecular formula is C24H24ClIN4O. The van der Waals surface area contributed by atoms with Crippen LogP contribution in [0.3, 0.4) is 0 Å². The Morgan fingerprint density at radius 2 is 1.68 bits per heavy atom. The first-order valence-electron chi connectivity index (χ1n) is 10.3. The summed E-state index contributed by atoms with van der Waals surface area (Å²) in [6, 6.07) is 11.8. The predicted octanol–water partition coefficient (Wildman–Crippen LogP) is 6.18. The van der Waals surface area contributed by atoms with E-state index in [0.717, 1.165) is 31.5 Å². The fraction of sp³-hybridized carbons (Fsp3) is 0.292. The Kier molecular flexibility index (Phi) is 6.21. The van der Waals surface area contributed by atoms with Gasteiger partial charge < -0.3 is 10.2 Å². The topological polar surface area (TPSA) is 58.1 Å². The van der Waals surface area contributed by atoms with E-state index in [9.17, 15) is 4.79 Å². The predicted molar refractivity (Wildman–Crippen MR) is 134 cm³/mol. The van der Waals surface area contributed by atoms with Gasteiger partial charge in [-0.15, -0.1) is 0 Å². The third-order valence-electron chi connectivity index (χ3n) is 5.52. The number of amides is 1. The number of pyridine rings is 2. The maximum absolute atomic E-state index is 13.7. The average molecular weight is 547 g/mol. The molecule has 1 amide bonds. The number of rotatable bonds is 4. The SMILES string of the molecule is CC(C)N(C(=O)c1nccc(I)c1C1Nc2ccccc2-c2ccnc(Cl)c21)C(C)C. The number of carbonyl (C=O) groups is 1. The van der Waals surface area contributed by atoms with Crippen LogP contribution in [0.25, 0.3) is 11.1 Å². The highest BCUT2D eigenvalue weighted by Gasteiger charge is 2.34. The van der Waals surface area contributed by atoms with Gasteiger partial charge in [0, 0.05) is 50.4 Å². The number of fused-ring (bicyclic) bond motifs is 3. The molecule has 1 aliphatic heterocycles. The number of halogens is 2. The van der Waals surface area contributed by atoms with Crippen molar-refractivity contribution in [1.82, 2.24) is 14.9 Å². The standard InChI is InChI=1S/C24H24ClIN4O/c1-13(2)30(14(3)4)24(31)22-20(17(26)10-12-27-22)21-19-16(9-11-28-23(19)25)15-7-5-6-8-18(15)29-21/h5-14,21,29H,1-4H3. The molecule has 0 bridgehead atoms. The molecule has 0 saturated carbocycles. The number of nitrogens with one attached hydrogen (secondary N) is 1. The fourth-order valence-corrected chi connectivity index (χ4v) is 5.32. The monoisotopic (exact) mass is 546 g/mol. The number of nitrogens with zero attached hydrogens (tertiary/aromatic N) is 3. The zero-order valence-electron chi connectivity index (χ0n) is 17.9. The van der Waals surface area contributed by atoms with E-state index in [4.69, 9.17) is 11.6 Å². The summed E-state index contributed by atoms with van der Waals surface area (Å²) in [6.45, 7) is 8.10. The molecule has 1 atom stereocenters. The first kappa shape index (κ1) is 22.0. The Labute approximate surface area is 201 Å². The van der Waals surface area contributed by atoms with Crippen molar-refractivity contribution >= 4 is 45.8 Å². The molecule has 1 unspecified atom stereocenters. The number of para-hydroxylation sites is 1. The van der Waals surface area contributed by atoms with Crippen molar-refractivity contribution in [3.8, 4) is 11.1 Å². The third kappa shape index (κ3) is 3.91. The van der Waals surface area contributed by atoms with Crippen LogP contribution in [0.2, 0.25) is 5.15 Å². The minimum absolute atomic E-state index is 0.0533. The van der Waals surface area contributed by atoms with Crippen molar-refractivity contribution in [3.63, 3.8) is 0 Å². The van der Waals surface area contributed by atoms with Gasteiger partial charge in [-0.05, 0) is 74.0 Å². The highest BCUT2D eigenvalue weighted by Crippen LogP contribution is 2.46. The summed E-state index contributed by atoms with van der Waals surface area (Å²) in [4.78, 5) is 24.4. The van der Waals surface area contributed by atoms with E-state index in [0.29, 0.717) is 10.8 Å². The molecule has 2 aromatic heterocycles. The summed E-state index contributed by atoms with van der Waals surface area (Å²) < 4.78 is 0.950. The zero-order valence-corrected chi connectivity index (χ0v) is 20.8. The Bertz CT molecular complexity index is 1140. The van der Waals surface area contributed by atoms with E-state index in [1.165, 1.54) is 0 Å². The van der Waals surface area contributed by atoms with Crippen molar-refractivity contribution in [1.29, 1.82) is 0 Å². The summed E-state index contributed by atoms with van der Waals surface area (Å²) in [5.74, 6) is -0.0827. The zero-order chi connectivity index (χ0) is 22.3. The van der Waals surface area contributed by atoms with Gasteiger partial charge in [0.1, 0.15) is 10.8 Å². The Balaban J connectivity index is 1.94. The first-order valence-corrected chi connectivity index (χ1v) is 11.7. The van der Waals surface area contributed by atoms with Crippen molar-refractivity contribution in [2.45, 2.75) is 45.8 Å². The Morgan fingerprint density at radius 1 is 1.00 bits per heavy atom. The molecule has 3 heterocycles. The Morgan fingerprint density at radius 3 is 2.39 bits per heavy atom. The van der Waals surface area contributed by atoms with E-state index in [-0.39, 0.29) is 24.0 Å². The first-order chi connectivity index (χ1) is 14.8. The molecule has 0 saturated heterocycles. The lowest BCUT2D eigenvalue weighted by Crippen LogP contribution is -2.43. The normalized spacial score (nSPS) is 14.8. The fourth-order valence-electron chi connectivity index (χ4n) is 4.33. The van der Waals surface area contributed by atoms with E-state index in [1.54, 1.807) is 12.4 Å². The van der Waals surface area contributed by atoms with Gasteiger partial charge in [-0.25, -0.2) is 4.98 Å². The molecule has 1 aliphatic rings. The van der Waals surface area contributed by atoms with E-state index < -0.39 is 0 Å². The van der Waals surface area contributed by atoms with Crippen LogP contribution in [-0.4, -0.2) is 32.9 Å². The molecule has 0 aliphatic carbocycles.